The number of halogens is 2. The Morgan fingerprint density at radius 1 is 1.05 bits per heavy atom. The lowest BCUT2D eigenvalue weighted by Gasteiger charge is -2.01. The van der Waals surface area contributed by atoms with Crippen molar-refractivity contribution in [2.24, 2.45) is 0 Å². The van der Waals surface area contributed by atoms with Crippen LogP contribution in [0, 0.1) is 6.92 Å². The van der Waals surface area contributed by atoms with Crippen LogP contribution in [-0.4, -0.2) is 19.9 Å². The molecule has 0 aliphatic heterocycles. The second kappa shape index (κ2) is 7.87. The molecule has 8 heteroatoms. The van der Waals surface area contributed by atoms with Crippen molar-refractivity contribution in [3.05, 3.63) is 47.9 Å². The molecule has 21 heavy (non-hydrogen) atoms. The average molecular weight is 342 g/mol. The van der Waals surface area contributed by atoms with Gasteiger partial charge in [0, 0.05) is 24.0 Å². The number of rotatable bonds is 3. The quantitative estimate of drug-likeness (QED) is 0.782. The summed E-state index contributed by atoms with van der Waals surface area (Å²) in [4.78, 5) is 17.0. The molecule has 0 atom stereocenters. The van der Waals surface area contributed by atoms with E-state index in [2.05, 4.69) is 25.3 Å². The second-order valence-electron chi connectivity index (χ2n) is 3.97. The standard InChI is InChI=1S/C13H11N5S.2ClH/c1-9-2-3-16-12(6-9)18-13-17-11(8-19-13)10-7-14-4-5-15-10;;/h2-8H,1H3,(H,16,17,18);2*1H. The molecule has 3 heterocycles. The minimum atomic E-state index is 0. The minimum Gasteiger partial charge on any atom is -0.316 e. The predicted octanol–water partition coefficient (Wildman–Crippen LogP) is 3.89. The number of hydrogen-bond acceptors (Lipinski definition) is 6. The van der Waals surface area contributed by atoms with Gasteiger partial charge in [-0.3, -0.25) is 9.97 Å². The van der Waals surface area contributed by atoms with Crippen LogP contribution in [0.3, 0.4) is 0 Å². The molecule has 3 rings (SSSR count). The van der Waals surface area contributed by atoms with Gasteiger partial charge in [0.25, 0.3) is 0 Å². The fraction of sp³-hybridized carbons (Fsp3) is 0.0769. The molecule has 0 fully saturated rings. The van der Waals surface area contributed by atoms with Gasteiger partial charge in [0.1, 0.15) is 17.2 Å². The van der Waals surface area contributed by atoms with Crippen molar-refractivity contribution in [3.8, 4) is 11.4 Å². The topological polar surface area (TPSA) is 63.6 Å². The number of aryl methyl sites for hydroxylation is 1. The second-order valence-corrected chi connectivity index (χ2v) is 4.83. The third-order valence-corrected chi connectivity index (χ3v) is 3.24. The number of pyridine rings is 1. The van der Waals surface area contributed by atoms with E-state index in [-0.39, 0.29) is 24.8 Å². The van der Waals surface area contributed by atoms with Gasteiger partial charge in [-0.1, -0.05) is 0 Å². The summed E-state index contributed by atoms with van der Waals surface area (Å²) in [6.45, 7) is 2.03. The molecule has 0 aliphatic carbocycles. The summed E-state index contributed by atoms with van der Waals surface area (Å²) in [7, 11) is 0. The summed E-state index contributed by atoms with van der Waals surface area (Å²) in [5, 5.41) is 5.92. The van der Waals surface area contributed by atoms with Crippen molar-refractivity contribution in [3.63, 3.8) is 0 Å². The Morgan fingerprint density at radius 2 is 1.90 bits per heavy atom. The molecule has 0 unspecified atom stereocenters. The van der Waals surface area contributed by atoms with E-state index in [1.165, 1.54) is 11.3 Å². The predicted molar refractivity (Wildman–Crippen MR) is 89.9 cm³/mol. The highest BCUT2D eigenvalue weighted by Crippen LogP contribution is 2.24. The summed E-state index contributed by atoms with van der Waals surface area (Å²) in [6.07, 6.45) is 6.77. The van der Waals surface area contributed by atoms with Crippen molar-refractivity contribution in [1.29, 1.82) is 0 Å². The van der Waals surface area contributed by atoms with E-state index in [9.17, 15) is 0 Å². The smallest absolute Gasteiger partial charge is 0.188 e. The lowest BCUT2D eigenvalue weighted by molar-refractivity contribution is 1.18. The molecule has 0 radical (unpaired) electrons. The first-order valence-corrected chi connectivity index (χ1v) is 6.61. The largest absolute Gasteiger partial charge is 0.316 e. The first kappa shape index (κ1) is 17.3. The van der Waals surface area contributed by atoms with Crippen LogP contribution in [0.4, 0.5) is 10.9 Å². The Balaban J connectivity index is 0.00000110. The number of thiazole rings is 1. The van der Waals surface area contributed by atoms with Crippen LogP contribution < -0.4 is 5.32 Å². The highest BCUT2D eigenvalue weighted by molar-refractivity contribution is 7.14. The van der Waals surface area contributed by atoms with E-state index in [1.54, 1.807) is 24.8 Å². The summed E-state index contributed by atoms with van der Waals surface area (Å²) in [5.74, 6) is 0.792. The van der Waals surface area contributed by atoms with Gasteiger partial charge >= 0.3 is 0 Å². The summed E-state index contributed by atoms with van der Waals surface area (Å²) < 4.78 is 0. The number of nitrogens with zero attached hydrogens (tertiary/aromatic N) is 4. The Morgan fingerprint density at radius 3 is 2.62 bits per heavy atom. The van der Waals surface area contributed by atoms with Crippen molar-refractivity contribution in [2.75, 3.05) is 5.32 Å². The maximum atomic E-state index is 4.47. The SMILES string of the molecule is Cc1ccnc(Nc2nc(-c3cnccn3)cs2)c1.Cl.Cl. The van der Waals surface area contributed by atoms with Gasteiger partial charge in [-0.2, -0.15) is 0 Å². The highest BCUT2D eigenvalue weighted by atomic mass is 35.5. The maximum Gasteiger partial charge on any atom is 0.188 e. The van der Waals surface area contributed by atoms with Crippen molar-refractivity contribution < 1.29 is 0 Å². The zero-order chi connectivity index (χ0) is 13.1. The fourth-order valence-corrected chi connectivity index (χ4v) is 2.31. The highest BCUT2D eigenvalue weighted by Gasteiger charge is 2.06. The third kappa shape index (κ3) is 4.35. The Kier molecular flexibility index (Phi) is 6.48. The number of anilines is 2. The van der Waals surface area contributed by atoms with Crippen LogP contribution in [0.15, 0.2) is 42.3 Å². The van der Waals surface area contributed by atoms with Crippen molar-refractivity contribution >= 4 is 47.1 Å². The summed E-state index contributed by atoms with van der Waals surface area (Å²) in [6, 6.07) is 3.93. The van der Waals surface area contributed by atoms with Gasteiger partial charge < -0.3 is 5.32 Å². The zero-order valence-corrected chi connectivity index (χ0v) is 13.5. The van der Waals surface area contributed by atoms with Crippen molar-refractivity contribution in [2.45, 2.75) is 6.92 Å². The van der Waals surface area contributed by atoms with Gasteiger partial charge in [0.15, 0.2) is 5.13 Å². The molecule has 3 aromatic rings. The first-order chi connectivity index (χ1) is 9.31. The van der Waals surface area contributed by atoms with Crippen LogP contribution in [-0.2, 0) is 0 Å². The van der Waals surface area contributed by atoms with Crippen molar-refractivity contribution in [1.82, 2.24) is 19.9 Å². The van der Waals surface area contributed by atoms with E-state index in [0.717, 1.165) is 27.9 Å². The molecule has 0 bridgehead atoms. The Bertz CT molecular complexity index is 690. The van der Waals surface area contributed by atoms with Gasteiger partial charge in [-0.05, 0) is 24.6 Å². The minimum absolute atomic E-state index is 0. The van der Waals surface area contributed by atoms with E-state index in [4.69, 9.17) is 0 Å². The van der Waals surface area contributed by atoms with Gasteiger partial charge in [-0.25, -0.2) is 9.97 Å². The molecule has 1 N–H and O–H groups in total. The van der Waals surface area contributed by atoms with Crippen LogP contribution in [0.25, 0.3) is 11.4 Å². The first-order valence-electron chi connectivity index (χ1n) is 5.73. The van der Waals surface area contributed by atoms with Gasteiger partial charge in [-0.15, -0.1) is 36.2 Å². The number of aromatic nitrogens is 4. The fourth-order valence-electron chi connectivity index (χ4n) is 1.59. The van der Waals surface area contributed by atoms with Crippen LogP contribution in [0.5, 0.6) is 0 Å². The molecule has 5 nitrogen and oxygen atoms in total. The Hall–Kier alpha value is -1.76. The van der Waals surface area contributed by atoms with Gasteiger partial charge in [0.2, 0.25) is 0 Å². The average Bonchev–Trinajstić information content (AvgIpc) is 2.88. The third-order valence-electron chi connectivity index (χ3n) is 2.48. The molecule has 0 saturated carbocycles. The van der Waals surface area contributed by atoms with E-state index >= 15 is 0 Å². The molecule has 0 aromatic carbocycles. The van der Waals surface area contributed by atoms with Crippen LogP contribution in [0.1, 0.15) is 5.56 Å². The molecule has 0 spiro atoms. The summed E-state index contributed by atoms with van der Waals surface area (Å²) >= 11 is 1.52. The molecular formula is C13H13Cl2N5S. The normalized spacial score (nSPS) is 9.38. The van der Waals surface area contributed by atoms with E-state index in [0.29, 0.717) is 0 Å². The lowest BCUT2D eigenvalue weighted by Crippen LogP contribution is -1.93. The summed E-state index contributed by atoms with van der Waals surface area (Å²) in [5.41, 5.74) is 2.74. The Labute approximate surface area is 138 Å². The molecule has 3 aromatic heterocycles. The number of nitrogens with one attached hydrogen (secondary N) is 1. The van der Waals surface area contributed by atoms with E-state index in [1.807, 2.05) is 24.4 Å². The molecule has 110 valence electrons. The monoisotopic (exact) mass is 341 g/mol. The lowest BCUT2D eigenvalue weighted by atomic mass is 10.3. The molecule has 0 saturated heterocycles. The van der Waals surface area contributed by atoms with E-state index < -0.39 is 0 Å². The van der Waals surface area contributed by atoms with Crippen LogP contribution >= 0.6 is 36.2 Å². The zero-order valence-electron chi connectivity index (χ0n) is 11.1. The number of hydrogen-bond donors (Lipinski definition) is 1. The maximum absolute atomic E-state index is 4.47. The van der Waals surface area contributed by atoms with Gasteiger partial charge in [0.05, 0.1) is 6.20 Å². The molecule has 0 aliphatic rings. The molecule has 0 amide bonds. The van der Waals surface area contributed by atoms with Crippen LogP contribution in [0.2, 0.25) is 0 Å². The molecular weight excluding hydrogens is 329 g/mol.